The van der Waals surface area contributed by atoms with Gasteiger partial charge in [-0.15, -0.1) is 0 Å². The van der Waals surface area contributed by atoms with Crippen LogP contribution in [0.1, 0.15) is 35.7 Å². The molecule has 1 saturated heterocycles. The maximum Gasteiger partial charge on any atom is 0.251 e. The average Bonchev–Trinajstić information content (AvgIpc) is 3.13. The molecule has 1 aliphatic heterocycles. The second-order valence-electron chi connectivity index (χ2n) is 6.42. The van der Waals surface area contributed by atoms with Gasteiger partial charge in [0.05, 0.1) is 18.7 Å². The number of nitrogens with zero attached hydrogens (tertiary/aromatic N) is 1. The third kappa shape index (κ3) is 4.39. The summed E-state index contributed by atoms with van der Waals surface area (Å²) in [6.07, 6.45) is 1.45. The zero-order chi connectivity index (χ0) is 20.1. The Bertz CT molecular complexity index is 867. The first-order valence-corrected chi connectivity index (χ1v) is 9.59. The molecule has 7 heteroatoms. The van der Waals surface area contributed by atoms with Gasteiger partial charge in [-0.1, -0.05) is 11.6 Å². The van der Waals surface area contributed by atoms with Crippen LogP contribution in [0.5, 0.6) is 11.5 Å². The summed E-state index contributed by atoms with van der Waals surface area (Å²) in [5, 5.41) is 3.30. The summed E-state index contributed by atoms with van der Waals surface area (Å²) in [5.41, 5.74) is 2.15. The Morgan fingerprint density at radius 1 is 1.25 bits per heavy atom. The Morgan fingerprint density at radius 3 is 2.61 bits per heavy atom. The van der Waals surface area contributed by atoms with Gasteiger partial charge in [0.1, 0.15) is 0 Å². The second kappa shape index (κ2) is 8.97. The van der Waals surface area contributed by atoms with Crippen molar-refractivity contribution in [2.24, 2.45) is 0 Å². The number of anilines is 1. The predicted octanol–water partition coefficient (Wildman–Crippen LogP) is 3.80. The van der Waals surface area contributed by atoms with Crippen molar-refractivity contribution < 1.29 is 19.1 Å². The zero-order valence-electron chi connectivity index (χ0n) is 16.0. The molecular formula is C21H23ClN2O4. The minimum atomic E-state index is -0.205. The number of nitrogens with one attached hydrogen (secondary N) is 1. The highest BCUT2D eigenvalue weighted by Crippen LogP contribution is 2.36. The SMILES string of the molecule is CCOc1c(Cl)cc(CNC(=O)c2ccc(N3CCCC3=O)cc2)cc1OC. The molecule has 0 spiro atoms. The van der Waals surface area contributed by atoms with Crippen molar-refractivity contribution in [2.45, 2.75) is 26.3 Å². The van der Waals surface area contributed by atoms with Gasteiger partial charge >= 0.3 is 0 Å². The van der Waals surface area contributed by atoms with Crippen molar-refractivity contribution in [2.75, 3.05) is 25.2 Å². The number of ether oxygens (including phenoxy) is 2. The van der Waals surface area contributed by atoms with Crippen molar-refractivity contribution in [1.82, 2.24) is 5.32 Å². The number of hydrogen-bond donors (Lipinski definition) is 1. The molecule has 6 nitrogen and oxygen atoms in total. The van der Waals surface area contributed by atoms with Crippen molar-refractivity contribution in [1.29, 1.82) is 0 Å². The second-order valence-corrected chi connectivity index (χ2v) is 6.83. The van der Waals surface area contributed by atoms with Gasteiger partial charge in [0, 0.05) is 30.8 Å². The molecule has 1 heterocycles. The molecule has 0 radical (unpaired) electrons. The van der Waals surface area contributed by atoms with Gasteiger partial charge in [-0.3, -0.25) is 9.59 Å². The van der Waals surface area contributed by atoms with E-state index in [9.17, 15) is 9.59 Å². The largest absolute Gasteiger partial charge is 0.493 e. The van der Waals surface area contributed by atoms with Crippen LogP contribution in [0.2, 0.25) is 5.02 Å². The molecule has 0 atom stereocenters. The summed E-state index contributed by atoms with van der Waals surface area (Å²) in [7, 11) is 1.54. The van der Waals surface area contributed by atoms with Gasteiger partial charge in [0.2, 0.25) is 5.91 Å². The van der Waals surface area contributed by atoms with Gasteiger partial charge < -0.3 is 19.7 Å². The maximum atomic E-state index is 12.4. The fourth-order valence-corrected chi connectivity index (χ4v) is 3.45. The fraction of sp³-hybridized carbons (Fsp3) is 0.333. The molecule has 28 heavy (non-hydrogen) atoms. The topological polar surface area (TPSA) is 67.9 Å². The van der Waals surface area contributed by atoms with Crippen molar-refractivity contribution in [3.05, 3.63) is 52.5 Å². The summed E-state index contributed by atoms with van der Waals surface area (Å²) in [6.45, 7) is 3.37. The summed E-state index contributed by atoms with van der Waals surface area (Å²) in [4.78, 5) is 26.0. The van der Waals surface area contributed by atoms with E-state index in [0.29, 0.717) is 41.7 Å². The molecule has 0 unspecified atom stereocenters. The van der Waals surface area contributed by atoms with E-state index in [1.807, 2.05) is 6.92 Å². The van der Waals surface area contributed by atoms with E-state index in [2.05, 4.69) is 5.32 Å². The molecule has 0 aromatic heterocycles. The molecule has 2 aromatic rings. The number of methoxy groups -OCH3 is 1. The molecule has 0 aliphatic carbocycles. The van der Waals surface area contributed by atoms with Crippen LogP contribution in [-0.2, 0) is 11.3 Å². The number of halogens is 1. The van der Waals surface area contributed by atoms with Crippen molar-refractivity contribution >= 4 is 29.1 Å². The number of rotatable bonds is 7. The first kappa shape index (κ1) is 20.0. The number of carbonyl (C=O) groups excluding carboxylic acids is 2. The molecule has 1 N–H and O–H groups in total. The summed E-state index contributed by atoms with van der Waals surface area (Å²) in [5.74, 6) is 0.939. The van der Waals surface area contributed by atoms with Crippen LogP contribution < -0.4 is 19.7 Å². The smallest absolute Gasteiger partial charge is 0.251 e. The van der Waals surface area contributed by atoms with Crippen molar-refractivity contribution in [3.8, 4) is 11.5 Å². The van der Waals surface area contributed by atoms with Crippen LogP contribution in [-0.4, -0.2) is 32.1 Å². The number of benzene rings is 2. The zero-order valence-corrected chi connectivity index (χ0v) is 16.7. The van der Waals surface area contributed by atoms with Gasteiger partial charge in [0.15, 0.2) is 11.5 Å². The molecule has 1 fully saturated rings. The number of carbonyl (C=O) groups is 2. The van der Waals surface area contributed by atoms with Crippen LogP contribution in [0, 0.1) is 0 Å². The van der Waals surface area contributed by atoms with Crippen LogP contribution in [0.4, 0.5) is 5.69 Å². The van der Waals surface area contributed by atoms with E-state index in [-0.39, 0.29) is 11.8 Å². The van der Waals surface area contributed by atoms with Gasteiger partial charge in [0.25, 0.3) is 5.91 Å². The van der Waals surface area contributed by atoms with E-state index < -0.39 is 0 Å². The van der Waals surface area contributed by atoms with Crippen LogP contribution in [0.15, 0.2) is 36.4 Å². The van der Waals surface area contributed by atoms with E-state index in [0.717, 1.165) is 24.2 Å². The Kier molecular flexibility index (Phi) is 6.41. The highest BCUT2D eigenvalue weighted by molar-refractivity contribution is 6.32. The quantitative estimate of drug-likeness (QED) is 0.764. The first-order chi connectivity index (χ1) is 13.5. The lowest BCUT2D eigenvalue weighted by molar-refractivity contribution is -0.117. The normalized spacial score (nSPS) is 13.5. The molecule has 1 aliphatic rings. The summed E-state index contributed by atoms with van der Waals surface area (Å²) < 4.78 is 10.8. The Morgan fingerprint density at radius 2 is 2.00 bits per heavy atom. The Balaban J connectivity index is 1.65. The van der Waals surface area contributed by atoms with Gasteiger partial charge in [-0.05, 0) is 55.3 Å². The van der Waals surface area contributed by atoms with E-state index in [4.69, 9.17) is 21.1 Å². The minimum absolute atomic E-state index is 0.124. The van der Waals surface area contributed by atoms with Crippen LogP contribution >= 0.6 is 11.6 Å². The monoisotopic (exact) mass is 402 g/mol. The lowest BCUT2D eigenvalue weighted by atomic mass is 10.1. The van der Waals surface area contributed by atoms with Gasteiger partial charge in [-0.25, -0.2) is 0 Å². The highest BCUT2D eigenvalue weighted by atomic mass is 35.5. The van der Waals surface area contributed by atoms with E-state index in [1.165, 1.54) is 0 Å². The third-order valence-electron chi connectivity index (χ3n) is 4.55. The number of amides is 2. The number of hydrogen-bond acceptors (Lipinski definition) is 4. The molecule has 148 valence electrons. The van der Waals surface area contributed by atoms with Crippen molar-refractivity contribution in [3.63, 3.8) is 0 Å². The average molecular weight is 403 g/mol. The minimum Gasteiger partial charge on any atom is -0.493 e. The van der Waals surface area contributed by atoms with E-state index in [1.54, 1.807) is 48.4 Å². The molecule has 3 rings (SSSR count). The predicted molar refractivity (Wildman–Crippen MR) is 108 cm³/mol. The standard InChI is InChI=1S/C21H23ClN2O4/c1-3-28-20-17(22)11-14(12-18(20)27-2)13-23-21(26)15-6-8-16(9-7-15)24-10-4-5-19(24)25/h6-9,11-12H,3-5,10,13H2,1-2H3,(H,23,26). The third-order valence-corrected chi connectivity index (χ3v) is 4.83. The Hall–Kier alpha value is -2.73. The maximum absolute atomic E-state index is 12.4. The summed E-state index contributed by atoms with van der Waals surface area (Å²) in [6, 6.07) is 10.6. The molecule has 2 aromatic carbocycles. The van der Waals surface area contributed by atoms with Crippen LogP contribution in [0.25, 0.3) is 0 Å². The molecule has 2 amide bonds. The first-order valence-electron chi connectivity index (χ1n) is 9.21. The summed E-state index contributed by atoms with van der Waals surface area (Å²) >= 11 is 6.27. The molecular weight excluding hydrogens is 380 g/mol. The highest BCUT2D eigenvalue weighted by Gasteiger charge is 2.21. The molecule has 0 bridgehead atoms. The van der Waals surface area contributed by atoms with Gasteiger partial charge in [-0.2, -0.15) is 0 Å². The Labute approximate surface area is 169 Å². The lowest BCUT2D eigenvalue weighted by Crippen LogP contribution is -2.25. The molecule has 0 saturated carbocycles. The van der Waals surface area contributed by atoms with E-state index >= 15 is 0 Å². The lowest BCUT2D eigenvalue weighted by Gasteiger charge is -2.16. The van der Waals surface area contributed by atoms with Crippen LogP contribution in [0.3, 0.4) is 0 Å². The fourth-order valence-electron chi connectivity index (χ4n) is 3.16.